The van der Waals surface area contributed by atoms with Gasteiger partial charge in [-0.2, -0.15) is 0 Å². The summed E-state index contributed by atoms with van der Waals surface area (Å²) < 4.78 is 108. The molecule has 86 heavy (non-hydrogen) atoms. The Morgan fingerprint density at radius 3 is 1.78 bits per heavy atom. The normalized spacial score (nSPS) is 50.7. The first kappa shape index (κ1) is 71.3. The van der Waals surface area contributed by atoms with Gasteiger partial charge in [0, 0.05) is 19.4 Å². The molecule has 1 unspecified atom stereocenters. The first-order chi connectivity index (χ1) is 39.7. The number of Topliss-reactive ketones (excluding diaryl/α,β-unsaturated/α-hetero) is 1. The predicted octanol–water partition coefficient (Wildman–Crippen LogP) is -4.33. The molecule has 3 saturated carbocycles. The Balaban J connectivity index is 0.00000961. The molecule has 0 bridgehead atoms. The number of ketones is 1. The quantitative estimate of drug-likeness (QED) is 0.0267. The van der Waals surface area contributed by atoms with Gasteiger partial charge in [-0.05, 0) is 120 Å². The number of aliphatic hydroxyl groups excluding tert-OH is 10. The van der Waals surface area contributed by atoms with E-state index in [1.165, 1.54) is 34.8 Å². The second-order valence-electron chi connectivity index (χ2n) is 26.7. The minimum Gasteiger partial charge on any atom is -0.726 e. The van der Waals surface area contributed by atoms with Gasteiger partial charge in [0.1, 0.15) is 97.2 Å². The molecular weight excluding hydrogens is 1170 g/mol. The van der Waals surface area contributed by atoms with Gasteiger partial charge in [0.15, 0.2) is 37.2 Å². The Morgan fingerprint density at radius 1 is 0.651 bits per heavy atom. The summed E-state index contributed by atoms with van der Waals surface area (Å²) in [5.41, 5.74) is -1.65. The van der Waals surface area contributed by atoms with E-state index in [4.69, 9.17) is 56.3 Å². The molecule has 29 heteroatoms. The summed E-state index contributed by atoms with van der Waals surface area (Å²) in [7, 11) is -3.88. The first-order valence-corrected chi connectivity index (χ1v) is 31.5. The van der Waals surface area contributed by atoms with Gasteiger partial charge < -0.3 is 113 Å². The first-order valence-electron chi connectivity index (χ1n) is 30.2. The van der Waals surface area contributed by atoms with Crippen LogP contribution in [0.4, 0.5) is 0 Å². The molecule has 33 atom stereocenters. The Morgan fingerprint density at radius 2 is 1.17 bits per heavy atom. The molecular formula is C57H93NaO27S. The van der Waals surface area contributed by atoms with Crippen LogP contribution in [0.15, 0.2) is 11.6 Å². The zero-order valence-electron chi connectivity index (χ0n) is 50.9. The average Bonchev–Trinajstić information content (AvgIpc) is 1.32. The Labute approximate surface area is 524 Å². The summed E-state index contributed by atoms with van der Waals surface area (Å²) in [6.45, 7) is 15.1. The molecule has 4 aliphatic carbocycles. The fourth-order valence-electron chi connectivity index (χ4n) is 15.7. The molecule has 0 aromatic carbocycles. The molecule has 8 fully saturated rings. The molecule has 0 amide bonds. The number of methoxy groups -OCH3 is 1. The summed E-state index contributed by atoms with van der Waals surface area (Å²) in [6, 6.07) is 0. The summed E-state index contributed by atoms with van der Waals surface area (Å²) >= 11 is 0. The standard InChI is InChI=1S/C57H94O27S.Na/c1-22(2)11-14-35(58)57(9,69)34-13-12-29-28-20-32(31-19-27(84-85(70,71)72)15-17-55(31,7)30(28)16-18-56(29,34)8)79-51-45(68)47(39(62)26(6)76-51)81-53-48(82-52-44(67)46(73-10)38(61)25(5)77-52)40(63)33(21-74-53)80-54-49(42(65)37(60)24(4)78-54)83-50-43(66)41(64)36(59)23(3)75-50;/h16,22-29,31-34,36-54,59-69H,11-15,17-21H2,1-10H3,(H,70,71,72);/q;+1/p-1/t23-,24-,25-,26-,27+,28+,29+,31?,32+,33-,34+,36+,37-,38-,39-,40+,41+,42+,43-,44-,45-,46+,47+,48-,49-,50+,51+,52+,53+,54+,55-,56+,57-;/m1./s1. The van der Waals surface area contributed by atoms with Crippen molar-refractivity contribution in [3.05, 3.63) is 11.6 Å². The minimum absolute atomic E-state index is 0. The van der Waals surface area contributed by atoms with Crippen LogP contribution in [-0.2, 0) is 71.5 Å². The molecule has 9 aliphatic rings. The third kappa shape index (κ3) is 14.0. The van der Waals surface area contributed by atoms with Crippen LogP contribution in [0.2, 0.25) is 0 Å². The van der Waals surface area contributed by atoms with E-state index in [1.54, 1.807) is 6.92 Å². The molecule has 5 heterocycles. The van der Waals surface area contributed by atoms with Gasteiger partial charge in [0.25, 0.3) is 0 Å². The van der Waals surface area contributed by atoms with Crippen LogP contribution in [0.5, 0.6) is 0 Å². The molecule has 9 rings (SSSR count). The topological polar surface area (TPSA) is 408 Å². The van der Waals surface area contributed by atoms with Crippen LogP contribution < -0.4 is 29.6 Å². The second kappa shape index (κ2) is 27.8. The molecule has 5 aliphatic heterocycles. The van der Waals surface area contributed by atoms with E-state index in [9.17, 15) is 73.9 Å². The molecule has 0 spiro atoms. The van der Waals surface area contributed by atoms with Crippen molar-refractivity contribution in [2.24, 2.45) is 40.4 Å². The number of ether oxygens (including phenoxy) is 11. The van der Waals surface area contributed by atoms with Crippen LogP contribution in [0.25, 0.3) is 0 Å². The van der Waals surface area contributed by atoms with Crippen LogP contribution in [0.3, 0.4) is 0 Å². The number of carbonyl (C=O) groups excluding carboxylic acids is 1. The third-order valence-electron chi connectivity index (χ3n) is 20.7. The van der Waals surface area contributed by atoms with Gasteiger partial charge in [0.05, 0.1) is 43.2 Å². The number of rotatable bonds is 18. The van der Waals surface area contributed by atoms with Crippen molar-refractivity contribution in [2.75, 3.05) is 13.7 Å². The number of hydrogen-bond donors (Lipinski definition) is 11. The van der Waals surface area contributed by atoms with Crippen LogP contribution in [0.1, 0.15) is 120 Å². The zero-order valence-corrected chi connectivity index (χ0v) is 53.7. The number of aliphatic hydroxyl groups is 11. The van der Waals surface area contributed by atoms with E-state index in [0.717, 1.165) is 5.57 Å². The third-order valence-corrected chi connectivity index (χ3v) is 21.3. The van der Waals surface area contributed by atoms with Gasteiger partial charge in [-0.1, -0.05) is 39.3 Å². The largest absolute Gasteiger partial charge is 1.00 e. The van der Waals surface area contributed by atoms with Crippen molar-refractivity contribution in [3.8, 4) is 0 Å². The number of carbonyl (C=O) groups is 1. The Kier molecular flexibility index (Phi) is 23.0. The number of fused-ring (bicyclic) bond motifs is 5. The summed E-state index contributed by atoms with van der Waals surface area (Å²) in [4.78, 5) is 13.8. The van der Waals surface area contributed by atoms with Gasteiger partial charge >= 0.3 is 29.6 Å². The molecule has 0 aromatic rings. The van der Waals surface area contributed by atoms with Crippen molar-refractivity contribution in [1.29, 1.82) is 0 Å². The van der Waals surface area contributed by atoms with Crippen molar-refractivity contribution < 1.29 is 160 Å². The van der Waals surface area contributed by atoms with E-state index in [-0.39, 0.29) is 78.3 Å². The van der Waals surface area contributed by atoms with E-state index in [1.807, 2.05) is 13.8 Å². The Hall–Kier alpha value is -0.600. The van der Waals surface area contributed by atoms with Gasteiger partial charge in [-0.3, -0.25) is 8.98 Å². The molecule has 27 nitrogen and oxygen atoms in total. The Bertz CT molecular complexity index is 2430. The summed E-state index contributed by atoms with van der Waals surface area (Å²) in [6.07, 6.45) is -33.6. The molecule has 5 saturated heterocycles. The fourth-order valence-corrected chi connectivity index (χ4v) is 16.2. The van der Waals surface area contributed by atoms with Crippen LogP contribution in [0, 0.1) is 40.4 Å². The van der Waals surface area contributed by atoms with Crippen molar-refractivity contribution in [2.45, 2.75) is 285 Å². The smallest absolute Gasteiger partial charge is 0.726 e. The number of allylic oxidation sites excluding steroid dienone is 2. The van der Waals surface area contributed by atoms with E-state index in [0.29, 0.717) is 38.5 Å². The predicted molar refractivity (Wildman–Crippen MR) is 287 cm³/mol. The second-order valence-corrected chi connectivity index (χ2v) is 27.7. The summed E-state index contributed by atoms with van der Waals surface area (Å²) in [5.74, 6) is -1.04. The van der Waals surface area contributed by atoms with Gasteiger partial charge in [0.2, 0.25) is 10.4 Å². The maximum Gasteiger partial charge on any atom is 1.00 e. The zero-order chi connectivity index (χ0) is 62.3. The van der Waals surface area contributed by atoms with Gasteiger partial charge in [-0.25, -0.2) is 8.42 Å². The maximum atomic E-state index is 13.8. The fraction of sp³-hybridized carbons (Fsp3) is 0.947. The van der Waals surface area contributed by atoms with Gasteiger partial charge in [-0.15, -0.1) is 0 Å². The van der Waals surface area contributed by atoms with E-state index in [2.05, 4.69) is 19.9 Å². The molecule has 490 valence electrons. The molecule has 11 N–H and O–H groups in total. The summed E-state index contributed by atoms with van der Waals surface area (Å²) in [5, 5.41) is 125. The molecule has 0 aromatic heterocycles. The SMILES string of the molecule is CO[C@@H]1[C@@H](O)[C@H](O[C@H]2[C@H](O[C@@H]3[C@@H](O)[C@H](O[C@H]4C[C@@H]5C(=CC[C@@]6(C)[C@H]5CC[C@@H]6[C@@](C)(O)C(=O)CCC(C)C)[C@@]5(C)CC[C@H](OS(=O)(=O)[O-])CC45)O[C@H](C)[C@H]3O)OC[C@@H](O[C@@H]3O[C@H](C)[C@@H](O)[C@H](O)[C@H]3O[C@@H]3O[C@H](C)[C@H](O)[C@H](O)[C@H]3O)[C@@H]2O)O[C@H](C)[C@H]1O.[Na+]. The monoisotopic (exact) mass is 1260 g/mol. The van der Waals surface area contributed by atoms with Crippen LogP contribution in [-0.4, -0.2) is 254 Å². The van der Waals surface area contributed by atoms with E-state index >= 15 is 0 Å². The van der Waals surface area contributed by atoms with E-state index < -0.39 is 199 Å². The number of hydrogen-bond acceptors (Lipinski definition) is 27. The van der Waals surface area contributed by atoms with Crippen molar-refractivity contribution in [1.82, 2.24) is 0 Å². The average molecular weight is 1270 g/mol. The maximum absolute atomic E-state index is 13.8. The minimum atomic E-state index is -5.12. The van der Waals surface area contributed by atoms with Crippen molar-refractivity contribution >= 4 is 16.2 Å². The van der Waals surface area contributed by atoms with Crippen molar-refractivity contribution in [3.63, 3.8) is 0 Å². The van der Waals surface area contributed by atoms with Crippen LogP contribution >= 0.6 is 0 Å². The molecule has 0 radical (unpaired) electrons.